The van der Waals surface area contributed by atoms with Crippen molar-refractivity contribution in [3.05, 3.63) is 51.7 Å². The van der Waals surface area contributed by atoms with Gasteiger partial charge in [-0.05, 0) is 42.5 Å². The van der Waals surface area contributed by atoms with E-state index in [1.165, 1.54) is 16.0 Å². The fourth-order valence-corrected chi connectivity index (χ4v) is 2.89. The maximum Gasteiger partial charge on any atom is 0.0731 e. The lowest BCUT2D eigenvalue weighted by Crippen LogP contribution is -2.20. The first-order valence-corrected chi connectivity index (χ1v) is 6.66. The summed E-state index contributed by atoms with van der Waals surface area (Å²) in [4.78, 5) is 1.33. The average molecular weight is 246 g/mol. The van der Waals surface area contributed by atoms with Gasteiger partial charge in [-0.2, -0.15) is 0 Å². The van der Waals surface area contributed by atoms with E-state index in [0.717, 1.165) is 5.69 Å². The van der Waals surface area contributed by atoms with E-state index in [1.807, 2.05) is 12.1 Å². The van der Waals surface area contributed by atoms with Gasteiger partial charge >= 0.3 is 0 Å². The van der Waals surface area contributed by atoms with Gasteiger partial charge in [0.2, 0.25) is 0 Å². The van der Waals surface area contributed by atoms with Crippen LogP contribution in [0.4, 0.5) is 5.69 Å². The number of thiophene rings is 1. The molecule has 2 aromatic rings. The molecule has 0 saturated heterocycles. The molecule has 1 aromatic carbocycles. The van der Waals surface area contributed by atoms with E-state index in [0.29, 0.717) is 6.54 Å². The third-order valence-corrected chi connectivity index (χ3v) is 4.06. The number of anilines is 1. The molecule has 0 spiro atoms. The van der Waals surface area contributed by atoms with E-state index in [2.05, 4.69) is 42.7 Å². The normalized spacial score (nSPS) is 12.4. The van der Waals surface area contributed by atoms with E-state index in [4.69, 9.17) is 5.73 Å². The van der Waals surface area contributed by atoms with Gasteiger partial charge < -0.3 is 11.1 Å². The maximum absolute atomic E-state index is 5.87. The summed E-state index contributed by atoms with van der Waals surface area (Å²) in [5, 5.41) is 5.64. The van der Waals surface area contributed by atoms with Crippen LogP contribution >= 0.6 is 11.3 Å². The zero-order chi connectivity index (χ0) is 12.3. The van der Waals surface area contributed by atoms with Crippen LogP contribution in [0, 0.1) is 13.8 Å². The number of aryl methyl sites for hydroxylation is 2. The molecule has 3 N–H and O–H groups in total. The second kappa shape index (κ2) is 5.34. The minimum Gasteiger partial charge on any atom is -0.376 e. The van der Waals surface area contributed by atoms with Crippen LogP contribution in [0.3, 0.4) is 0 Å². The third-order valence-electron chi connectivity index (χ3n) is 2.93. The zero-order valence-corrected chi connectivity index (χ0v) is 11.1. The minimum atomic E-state index is 0.205. The molecule has 1 aromatic heterocycles. The maximum atomic E-state index is 5.87. The van der Waals surface area contributed by atoms with Gasteiger partial charge in [0.15, 0.2) is 0 Å². The molecule has 0 aliphatic carbocycles. The molecule has 0 amide bonds. The Hall–Kier alpha value is -1.32. The van der Waals surface area contributed by atoms with E-state index < -0.39 is 0 Å². The van der Waals surface area contributed by atoms with Crippen molar-refractivity contribution < 1.29 is 0 Å². The smallest absolute Gasteiger partial charge is 0.0731 e. The fraction of sp³-hybridized carbons (Fsp3) is 0.286. The van der Waals surface area contributed by atoms with Gasteiger partial charge in [-0.25, -0.2) is 0 Å². The fourth-order valence-electron chi connectivity index (χ4n) is 1.90. The van der Waals surface area contributed by atoms with Crippen LogP contribution in [0.1, 0.15) is 22.0 Å². The topological polar surface area (TPSA) is 38.0 Å². The number of hydrogen-bond acceptors (Lipinski definition) is 3. The number of hydrogen-bond donors (Lipinski definition) is 2. The van der Waals surface area contributed by atoms with Crippen molar-refractivity contribution >= 4 is 17.0 Å². The second-order valence-electron chi connectivity index (χ2n) is 4.22. The molecular weight excluding hydrogens is 228 g/mol. The lowest BCUT2D eigenvalue weighted by Gasteiger charge is -2.19. The van der Waals surface area contributed by atoms with E-state index in [1.54, 1.807) is 11.3 Å². The first kappa shape index (κ1) is 12.1. The zero-order valence-electron chi connectivity index (χ0n) is 10.2. The highest BCUT2D eigenvalue weighted by Crippen LogP contribution is 2.27. The Balaban J connectivity index is 2.22. The van der Waals surface area contributed by atoms with Gasteiger partial charge in [-0.1, -0.05) is 18.2 Å². The summed E-state index contributed by atoms with van der Waals surface area (Å²) in [7, 11) is 0. The van der Waals surface area contributed by atoms with Crippen LogP contribution < -0.4 is 11.1 Å². The summed E-state index contributed by atoms with van der Waals surface area (Å²) in [6.45, 7) is 4.85. The molecule has 1 unspecified atom stereocenters. The monoisotopic (exact) mass is 246 g/mol. The van der Waals surface area contributed by atoms with E-state index >= 15 is 0 Å². The first-order valence-electron chi connectivity index (χ1n) is 5.78. The van der Waals surface area contributed by atoms with Crippen molar-refractivity contribution in [2.75, 3.05) is 11.9 Å². The van der Waals surface area contributed by atoms with E-state index in [9.17, 15) is 0 Å². The molecule has 1 atom stereocenters. The van der Waals surface area contributed by atoms with Crippen LogP contribution in [0.25, 0.3) is 0 Å². The predicted molar refractivity (Wildman–Crippen MR) is 75.7 cm³/mol. The molecule has 0 bridgehead atoms. The van der Waals surface area contributed by atoms with Gasteiger partial charge in [0, 0.05) is 17.1 Å². The third kappa shape index (κ3) is 2.68. The minimum absolute atomic E-state index is 0.205. The van der Waals surface area contributed by atoms with Gasteiger partial charge in [-0.15, -0.1) is 11.3 Å². The summed E-state index contributed by atoms with van der Waals surface area (Å²) < 4.78 is 0. The highest BCUT2D eigenvalue weighted by molar-refractivity contribution is 7.10. The Bertz CT molecular complexity index is 490. The van der Waals surface area contributed by atoms with Crippen molar-refractivity contribution in [1.82, 2.24) is 0 Å². The molecule has 17 heavy (non-hydrogen) atoms. The number of rotatable bonds is 4. The molecular formula is C14H18N2S. The molecule has 0 aliphatic rings. The standard InChI is InChI=1S/C14H18N2S/c1-10-5-3-4-6-12(10)16-13(9-15)14-11(2)7-8-17-14/h3-8,13,16H,9,15H2,1-2H3. The number of nitrogens with one attached hydrogen (secondary N) is 1. The molecule has 1 heterocycles. The Morgan fingerprint density at radius 2 is 1.94 bits per heavy atom. The predicted octanol–water partition coefficient (Wildman–Crippen LogP) is 3.48. The summed E-state index contributed by atoms with van der Waals surface area (Å²) >= 11 is 1.76. The quantitative estimate of drug-likeness (QED) is 0.866. The van der Waals surface area contributed by atoms with Crippen LogP contribution in [0.15, 0.2) is 35.7 Å². The molecule has 0 fully saturated rings. The molecule has 3 heteroatoms. The molecule has 0 aliphatic heterocycles. The summed E-state index contributed by atoms with van der Waals surface area (Å²) in [6.07, 6.45) is 0. The molecule has 2 rings (SSSR count). The summed E-state index contributed by atoms with van der Waals surface area (Å²) in [6, 6.07) is 10.6. The number of para-hydroxylation sites is 1. The summed E-state index contributed by atoms with van der Waals surface area (Å²) in [5.41, 5.74) is 9.60. The lowest BCUT2D eigenvalue weighted by atomic mass is 10.1. The Morgan fingerprint density at radius 3 is 2.53 bits per heavy atom. The SMILES string of the molecule is Cc1ccccc1NC(CN)c1sccc1C. The van der Waals surface area contributed by atoms with Crippen LogP contribution in [-0.4, -0.2) is 6.54 Å². The van der Waals surface area contributed by atoms with Crippen molar-refractivity contribution in [3.63, 3.8) is 0 Å². The molecule has 90 valence electrons. The molecule has 0 saturated carbocycles. The van der Waals surface area contributed by atoms with Crippen molar-refractivity contribution in [3.8, 4) is 0 Å². The largest absolute Gasteiger partial charge is 0.376 e. The Kier molecular flexibility index (Phi) is 3.82. The Labute approximate surface area is 106 Å². The van der Waals surface area contributed by atoms with Gasteiger partial charge in [-0.3, -0.25) is 0 Å². The van der Waals surface area contributed by atoms with Gasteiger partial charge in [0.25, 0.3) is 0 Å². The first-order chi connectivity index (χ1) is 8.22. The van der Waals surface area contributed by atoms with Crippen molar-refractivity contribution in [2.24, 2.45) is 5.73 Å². The van der Waals surface area contributed by atoms with Crippen LogP contribution in [0.5, 0.6) is 0 Å². The molecule has 0 radical (unpaired) electrons. The highest BCUT2D eigenvalue weighted by Gasteiger charge is 2.13. The average Bonchev–Trinajstić information content (AvgIpc) is 2.75. The number of benzene rings is 1. The Morgan fingerprint density at radius 1 is 1.18 bits per heavy atom. The lowest BCUT2D eigenvalue weighted by molar-refractivity contribution is 0.799. The van der Waals surface area contributed by atoms with Crippen LogP contribution in [-0.2, 0) is 0 Å². The van der Waals surface area contributed by atoms with E-state index in [-0.39, 0.29) is 6.04 Å². The van der Waals surface area contributed by atoms with Crippen molar-refractivity contribution in [1.29, 1.82) is 0 Å². The van der Waals surface area contributed by atoms with Crippen molar-refractivity contribution in [2.45, 2.75) is 19.9 Å². The second-order valence-corrected chi connectivity index (χ2v) is 5.16. The highest BCUT2D eigenvalue weighted by atomic mass is 32.1. The summed E-state index contributed by atoms with van der Waals surface area (Å²) in [5.74, 6) is 0. The van der Waals surface area contributed by atoms with Gasteiger partial charge in [0.1, 0.15) is 0 Å². The van der Waals surface area contributed by atoms with Gasteiger partial charge in [0.05, 0.1) is 6.04 Å². The molecule has 2 nitrogen and oxygen atoms in total. The number of nitrogens with two attached hydrogens (primary N) is 1. The van der Waals surface area contributed by atoms with Crippen LogP contribution in [0.2, 0.25) is 0 Å².